The van der Waals surface area contributed by atoms with Gasteiger partial charge in [0, 0.05) is 12.6 Å². The van der Waals surface area contributed by atoms with E-state index in [0.717, 1.165) is 11.3 Å². The Morgan fingerprint density at radius 3 is 2.11 bits per heavy atom. The molecule has 1 atom stereocenters. The van der Waals surface area contributed by atoms with E-state index in [1.165, 1.54) is 0 Å². The molecule has 3 heteroatoms. The first-order chi connectivity index (χ1) is 8.40. The molecule has 0 heterocycles. The van der Waals surface area contributed by atoms with Crippen LogP contribution in [0, 0.1) is 0 Å². The predicted molar refractivity (Wildman–Crippen MR) is 74.9 cm³/mol. The minimum Gasteiger partial charge on any atom is -0.491 e. The van der Waals surface area contributed by atoms with Crippen LogP contribution in [0.2, 0.25) is 0 Å². The second kappa shape index (κ2) is 6.76. The molecule has 0 amide bonds. The number of nitrogens with zero attached hydrogens (tertiary/aromatic N) is 1. The maximum absolute atomic E-state index is 10.1. The first-order valence-electron chi connectivity index (χ1n) is 6.55. The zero-order chi connectivity index (χ0) is 13.7. The lowest BCUT2D eigenvalue weighted by molar-refractivity contribution is 0.112. The number of aliphatic hydroxyl groups is 1. The highest BCUT2D eigenvalue weighted by Gasteiger charge is 2.12. The Balaban J connectivity index is 2.61. The summed E-state index contributed by atoms with van der Waals surface area (Å²) in [5.41, 5.74) is 0.929. The Morgan fingerprint density at radius 1 is 1.11 bits per heavy atom. The third-order valence-electron chi connectivity index (χ3n) is 2.98. The van der Waals surface area contributed by atoms with Crippen molar-refractivity contribution in [3.8, 4) is 5.75 Å². The van der Waals surface area contributed by atoms with Crippen molar-refractivity contribution in [2.24, 2.45) is 0 Å². The highest BCUT2D eigenvalue weighted by atomic mass is 16.5. The van der Waals surface area contributed by atoms with Gasteiger partial charge < -0.3 is 14.7 Å². The molecule has 1 aromatic carbocycles. The molecule has 1 unspecified atom stereocenters. The second-order valence-electron chi connectivity index (χ2n) is 5.28. The molecule has 0 saturated carbocycles. The van der Waals surface area contributed by atoms with Gasteiger partial charge in [0.2, 0.25) is 0 Å². The van der Waals surface area contributed by atoms with E-state index in [1.807, 2.05) is 45.2 Å². The molecule has 0 saturated heterocycles. The van der Waals surface area contributed by atoms with Crippen molar-refractivity contribution >= 4 is 0 Å². The van der Waals surface area contributed by atoms with Crippen LogP contribution in [0.15, 0.2) is 24.3 Å². The van der Waals surface area contributed by atoms with Crippen LogP contribution in [-0.2, 0) is 0 Å². The lowest BCUT2D eigenvalue weighted by Crippen LogP contribution is -2.30. The Kier molecular flexibility index (Phi) is 5.63. The molecule has 0 spiro atoms. The quantitative estimate of drug-likeness (QED) is 0.844. The Bertz CT molecular complexity index is 346. The van der Waals surface area contributed by atoms with Crippen LogP contribution in [0.4, 0.5) is 0 Å². The Morgan fingerprint density at radius 2 is 1.67 bits per heavy atom. The molecule has 0 bridgehead atoms. The summed E-state index contributed by atoms with van der Waals surface area (Å²) in [6, 6.07) is 8.11. The van der Waals surface area contributed by atoms with Crippen LogP contribution in [0.3, 0.4) is 0 Å². The van der Waals surface area contributed by atoms with Crippen LogP contribution >= 0.6 is 0 Å². The molecular weight excluding hydrogens is 226 g/mol. The summed E-state index contributed by atoms with van der Waals surface area (Å²) >= 11 is 0. The molecule has 102 valence electrons. The highest BCUT2D eigenvalue weighted by molar-refractivity contribution is 5.28. The predicted octanol–water partition coefficient (Wildman–Crippen LogP) is 2.85. The molecule has 0 aliphatic carbocycles. The molecule has 0 radical (unpaired) electrons. The van der Waals surface area contributed by atoms with E-state index in [2.05, 4.69) is 18.7 Å². The number of aliphatic hydroxyl groups excluding tert-OH is 1. The maximum atomic E-state index is 10.1. The van der Waals surface area contributed by atoms with Crippen molar-refractivity contribution in [1.29, 1.82) is 0 Å². The lowest BCUT2D eigenvalue weighted by atomic mass is 10.1. The molecule has 0 aliphatic heterocycles. The molecule has 1 rings (SSSR count). The van der Waals surface area contributed by atoms with Gasteiger partial charge in [-0.2, -0.15) is 0 Å². The van der Waals surface area contributed by atoms with Crippen LogP contribution in [-0.4, -0.2) is 35.7 Å². The van der Waals surface area contributed by atoms with Crippen molar-refractivity contribution in [2.75, 3.05) is 13.6 Å². The normalized spacial score (nSPS) is 13.4. The molecule has 0 aromatic heterocycles. The van der Waals surface area contributed by atoms with E-state index in [-0.39, 0.29) is 6.10 Å². The number of likely N-dealkylation sites (N-methyl/N-ethyl adjacent to an activating group) is 1. The van der Waals surface area contributed by atoms with E-state index in [1.54, 1.807) is 0 Å². The zero-order valence-electron chi connectivity index (χ0n) is 12.1. The average Bonchev–Trinajstić information content (AvgIpc) is 2.28. The number of benzene rings is 1. The van der Waals surface area contributed by atoms with E-state index >= 15 is 0 Å². The number of hydrogen-bond acceptors (Lipinski definition) is 3. The van der Waals surface area contributed by atoms with Gasteiger partial charge in [0.1, 0.15) is 5.75 Å². The second-order valence-corrected chi connectivity index (χ2v) is 5.28. The standard InChI is InChI=1S/C15H25NO2/c1-11(2)16(5)10-15(17)13-6-8-14(9-7-13)18-12(3)4/h6-9,11-12,15,17H,10H2,1-5H3. The number of ether oxygens (including phenoxy) is 1. The summed E-state index contributed by atoms with van der Waals surface area (Å²) in [6.45, 7) is 8.88. The fraction of sp³-hybridized carbons (Fsp3) is 0.600. The maximum Gasteiger partial charge on any atom is 0.119 e. The first-order valence-corrected chi connectivity index (χ1v) is 6.55. The van der Waals surface area contributed by atoms with Crippen molar-refractivity contribution in [3.05, 3.63) is 29.8 Å². The van der Waals surface area contributed by atoms with Gasteiger partial charge >= 0.3 is 0 Å². The monoisotopic (exact) mass is 251 g/mol. The Hall–Kier alpha value is -1.06. The minimum atomic E-state index is -0.453. The summed E-state index contributed by atoms with van der Waals surface area (Å²) in [5, 5.41) is 10.1. The molecular formula is C15H25NO2. The van der Waals surface area contributed by atoms with Crippen LogP contribution < -0.4 is 4.74 Å². The van der Waals surface area contributed by atoms with Gasteiger partial charge in [0.05, 0.1) is 12.2 Å². The smallest absolute Gasteiger partial charge is 0.119 e. The molecule has 0 aliphatic rings. The summed E-state index contributed by atoms with van der Waals surface area (Å²) in [4.78, 5) is 2.13. The van der Waals surface area contributed by atoms with Gasteiger partial charge in [-0.25, -0.2) is 0 Å². The zero-order valence-corrected chi connectivity index (χ0v) is 12.1. The van der Waals surface area contributed by atoms with Gasteiger partial charge in [-0.05, 0) is 52.4 Å². The van der Waals surface area contributed by atoms with E-state index < -0.39 is 6.10 Å². The molecule has 18 heavy (non-hydrogen) atoms. The minimum absolute atomic E-state index is 0.174. The average molecular weight is 251 g/mol. The van der Waals surface area contributed by atoms with Gasteiger partial charge in [0.15, 0.2) is 0 Å². The largest absolute Gasteiger partial charge is 0.491 e. The van der Waals surface area contributed by atoms with Crippen LogP contribution in [0.25, 0.3) is 0 Å². The van der Waals surface area contributed by atoms with Gasteiger partial charge in [-0.1, -0.05) is 12.1 Å². The van der Waals surface area contributed by atoms with Gasteiger partial charge in [-0.15, -0.1) is 0 Å². The lowest BCUT2D eigenvalue weighted by Gasteiger charge is -2.24. The highest BCUT2D eigenvalue weighted by Crippen LogP contribution is 2.19. The van der Waals surface area contributed by atoms with Gasteiger partial charge in [-0.3, -0.25) is 0 Å². The number of rotatable bonds is 6. The van der Waals surface area contributed by atoms with E-state index in [9.17, 15) is 5.11 Å². The van der Waals surface area contributed by atoms with Crippen molar-refractivity contribution < 1.29 is 9.84 Å². The topological polar surface area (TPSA) is 32.7 Å². The fourth-order valence-electron chi connectivity index (χ4n) is 1.63. The van der Waals surface area contributed by atoms with Crippen molar-refractivity contribution in [3.63, 3.8) is 0 Å². The molecule has 1 aromatic rings. The third kappa shape index (κ3) is 4.67. The van der Waals surface area contributed by atoms with Crippen LogP contribution in [0.1, 0.15) is 39.4 Å². The third-order valence-corrected chi connectivity index (χ3v) is 2.98. The molecule has 3 nitrogen and oxygen atoms in total. The van der Waals surface area contributed by atoms with Gasteiger partial charge in [0.25, 0.3) is 0 Å². The van der Waals surface area contributed by atoms with E-state index in [4.69, 9.17) is 4.74 Å². The Labute approximate surface area is 110 Å². The van der Waals surface area contributed by atoms with Crippen molar-refractivity contribution in [2.45, 2.75) is 45.9 Å². The molecule has 0 fully saturated rings. The summed E-state index contributed by atoms with van der Waals surface area (Å²) in [5.74, 6) is 0.846. The molecule has 1 N–H and O–H groups in total. The number of hydrogen-bond donors (Lipinski definition) is 1. The summed E-state index contributed by atoms with van der Waals surface area (Å²) in [7, 11) is 2.02. The van der Waals surface area contributed by atoms with E-state index in [0.29, 0.717) is 12.6 Å². The fourth-order valence-corrected chi connectivity index (χ4v) is 1.63. The SMILES string of the molecule is CC(C)Oc1ccc(C(O)CN(C)C(C)C)cc1. The first kappa shape index (κ1) is 15.0. The van der Waals surface area contributed by atoms with Crippen molar-refractivity contribution in [1.82, 2.24) is 4.90 Å². The summed E-state index contributed by atoms with van der Waals surface area (Å²) in [6.07, 6.45) is -0.279. The summed E-state index contributed by atoms with van der Waals surface area (Å²) < 4.78 is 5.58. The van der Waals surface area contributed by atoms with Crippen LogP contribution in [0.5, 0.6) is 5.75 Å².